The van der Waals surface area contributed by atoms with Crippen molar-refractivity contribution in [3.05, 3.63) is 59.7 Å². The van der Waals surface area contributed by atoms with E-state index in [9.17, 15) is 18.0 Å². The summed E-state index contributed by atoms with van der Waals surface area (Å²) in [7, 11) is -2.46. The molecule has 9 heteroatoms. The molecule has 1 atom stereocenters. The molecule has 0 spiro atoms. The first-order valence-corrected chi connectivity index (χ1v) is 12.4. The molecule has 0 aliphatic rings. The van der Waals surface area contributed by atoms with Crippen LogP contribution in [0.3, 0.4) is 0 Å². The number of ether oxygens (including phenoxy) is 2. The third-order valence-electron chi connectivity index (χ3n) is 5.20. The lowest BCUT2D eigenvalue weighted by atomic mass is 9.99. The van der Waals surface area contributed by atoms with E-state index < -0.39 is 27.8 Å². The van der Waals surface area contributed by atoms with Gasteiger partial charge in [-0.1, -0.05) is 44.2 Å². The van der Waals surface area contributed by atoms with Crippen molar-refractivity contribution in [2.75, 3.05) is 33.4 Å². The smallest absolute Gasteiger partial charge is 0.311 e. The molecule has 0 bridgehead atoms. The minimum Gasteiger partial charge on any atom is -0.495 e. The summed E-state index contributed by atoms with van der Waals surface area (Å²) in [5, 5.41) is 2.74. The van der Waals surface area contributed by atoms with Crippen LogP contribution in [0.5, 0.6) is 5.75 Å². The maximum Gasteiger partial charge on any atom is 0.311 e. The van der Waals surface area contributed by atoms with E-state index in [4.69, 9.17) is 9.47 Å². The first-order chi connectivity index (χ1) is 15.8. The molecule has 0 heterocycles. The van der Waals surface area contributed by atoms with Crippen LogP contribution in [0.2, 0.25) is 0 Å². The van der Waals surface area contributed by atoms with Crippen LogP contribution >= 0.6 is 0 Å². The van der Waals surface area contributed by atoms with Crippen LogP contribution in [-0.2, 0) is 26.0 Å². The van der Waals surface area contributed by atoms with Gasteiger partial charge in [0.15, 0.2) is 0 Å². The summed E-state index contributed by atoms with van der Waals surface area (Å²) in [6.45, 7) is 6.09. The number of amides is 1. The molecule has 1 unspecified atom stereocenters. The van der Waals surface area contributed by atoms with Crippen molar-refractivity contribution in [2.24, 2.45) is 5.92 Å². The quantitative estimate of drug-likeness (QED) is 0.473. The predicted molar refractivity (Wildman–Crippen MR) is 126 cm³/mol. The normalized spacial score (nSPS) is 12.3. The van der Waals surface area contributed by atoms with Gasteiger partial charge in [-0.2, -0.15) is 4.31 Å². The van der Waals surface area contributed by atoms with Crippen molar-refractivity contribution in [3.8, 4) is 5.75 Å². The Bertz CT molecular complexity index is 1040. The van der Waals surface area contributed by atoms with Gasteiger partial charge >= 0.3 is 5.97 Å². The van der Waals surface area contributed by atoms with Gasteiger partial charge in [0, 0.05) is 25.2 Å². The van der Waals surface area contributed by atoms with Gasteiger partial charge < -0.3 is 14.8 Å². The number of methoxy groups -OCH3 is 1. The summed E-state index contributed by atoms with van der Waals surface area (Å²) in [4.78, 5) is 25.2. The first kappa shape index (κ1) is 26.3. The van der Waals surface area contributed by atoms with Gasteiger partial charge in [0.05, 0.1) is 19.6 Å². The van der Waals surface area contributed by atoms with E-state index in [1.165, 1.54) is 29.6 Å². The lowest BCUT2D eigenvalue weighted by Crippen LogP contribution is -2.35. The van der Waals surface area contributed by atoms with Crippen LogP contribution in [0, 0.1) is 5.92 Å². The number of rotatable bonds is 12. The van der Waals surface area contributed by atoms with Gasteiger partial charge in [0.1, 0.15) is 10.6 Å². The summed E-state index contributed by atoms with van der Waals surface area (Å²) in [6, 6.07) is 13.7. The summed E-state index contributed by atoms with van der Waals surface area (Å²) in [5.74, 6) is -1.31. The van der Waals surface area contributed by atoms with Crippen molar-refractivity contribution < 1.29 is 27.5 Å². The van der Waals surface area contributed by atoms with Gasteiger partial charge in [-0.25, -0.2) is 8.42 Å². The molecule has 0 aromatic heterocycles. The standard InChI is InChI=1S/C24H32N2O6S/c1-5-26(6-2)33(29,30)22-16-19(13-14-21(22)31-4)23(27)25-17-20(24(28)32-7-3)15-18-11-9-8-10-12-18/h8-14,16,20H,5-7,15,17H2,1-4H3,(H,25,27). The minimum atomic E-state index is -3.84. The van der Waals surface area contributed by atoms with Crippen LogP contribution in [0.15, 0.2) is 53.4 Å². The average molecular weight is 477 g/mol. The van der Waals surface area contributed by atoms with Crippen LogP contribution in [0.4, 0.5) is 0 Å². The highest BCUT2D eigenvalue weighted by Crippen LogP contribution is 2.28. The Morgan fingerprint density at radius 3 is 2.27 bits per heavy atom. The van der Waals surface area contributed by atoms with Crippen molar-refractivity contribution in [3.63, 3.8) is 0 Å². The Morgan fingerprint density at radius 1 is 1.03 bits per heavy atom. The van der Waals surface area contributed by atoms with Crippen LogP contribution in [0.25, 0.3) is 0 Å². The molecule has 8 nitrogen and oxygen atoms in total. The number of nitrogens with one attached hydrogen (secondary N) is 1. The molecule has 2 aromatic rings. The number of benzene rings is 2. The van der Waals surface area contributed by atoms with E-state index in [1.54, 1.807) is 20.8 Å². The van der Waals surface area contributed by atoms with Gasteiger partial charge in [-0.15, -0.1) is 0 Å². The van der Waals surface area contributed by atoms with E-state index in [-0.39, 0.29) is 29.4 Å². The molecular formula is C24H32N2O6S. The van der Waals surface area contributed by atoms with Gasteiger partial charge in [0.25, 0.3) is 5.91 Å². The third kappa shape index (κ3) is 6.79. The summed E-state index contributed by atoms with van der Waals surface area (Å²) >= 11 is 0. The number of nitrogens with zero attached hydrogens (tertiary/aromatic N) is 1. The molecule has 180 valence electrons. The number of carbonyl (C=O) groups excluding carboxylic acids is 2. The Hall–Kier alpha value is -2.91. The molecule has 1 N–H and O–H groups in total. The number of hydrogen-bond donors (Lipinski definition) is 1. The molecule has 0 aliphatic heterocycles. The zero-order chi connectivity index (χ0) is 24.4. The molecule has 0 saturated heterocycles. The molecular weight excluding hydrogens is 444 g/mol. The fourth-order valence-electron chi connectivity index (χ4n) is 3.44. The highest BCUT2D eigenvalue weighted by Gasteiger charge is 2.27. The summed E-state index contributed by atoms with van der Waals surface area (Å²) in [5.41, 5.74) is 1.10. The van der Waals surface area contributed by atoms with Crippen LogP contribution in [-0.4, -0.2) is 58.0 Å². The van der Waals surface area contributed by atoms with E-state index in [0.29, 0.717) is 19.5 Å². The molecule has 2 rings (SSSR count). The van der Waals surface area contributed by atoms with Crippen molar-refractivity contribution in [1.82, 2.24) is 9.62 Å². The first-order valence-electron chi connectivity index (χ1n) is 10.9. The Labute approximate surface area is 195 Å². The average Bonchev–Trinajstić information content (AvgIpc) is 2.82. The molecule has 1 amide bonds. The molecule has 0 saturated carbocycles. The largest absolute Gasteiger partial charge is 0.495 e. The molecule has 0 aliphatic carbocycles. The van der Waals surface area contributed by atoms with Crippen LogP contribution in [0.1, 0.15) is 36.7 Å². The minimum absolute atomic E-state index is 0.0523. The maximum atomic E-state index is 13.0. The second kappa shape index (κ2) is 12.4. The van der Waals surface area contributed by atoms with Crippen molar-refractivity contribution in [1.29, 1.82) is 0 Å². The molecule has 2 aromatic carbocycles. The monoisotopic (exact) mass is 476 g/mol. The number of carbonyl (C=O) groups is 2. The zero-order valence-corrected chi connectivity index (χ0v) is 20.4. The second-order valence-electron chi connectivity index (χ2n) is 7.30. The second-order valence-corrected chi connectivity index (χ2v) is 9.21. The van der Waals surface area contributed by atoms with Crippen molar-refractivity contribution in [2.45, 2.75) is 32.1 Å². The van der Waals surface area contributed by atoms with E-state index in [0.717, 1.165) is 5.56 Å². The molecule has 0 fully saturated rings. The highest BCUT2D eigenvalue weighted by atomic mass is 32.2. The Morgan fingerprint density at radius 2 is 1.70 bits per heavy atom. The Kier molecular flexibility index (Phi) is 9.87. The number of sulfonamides is 1. The highest BCUT2D eigenvalue weighted by molar-refractivity contribution is 7.89. The molecule has 33 heavy (non-hydrogen) atoms. The topological polar surface area (TPSA) is 102 Å². The van der Waals surface area contributed by atoms with Gasteiger partial charge in [0.2, 0.25) is 10.0 Å². The SMILES string of the molecule is CCOC(=O)C(CNC(=O)c1ccc(OC)c(S(=O)(=O)N(CC)CC)c1)Cc1ccccc1. The Balaban J connectivity index is 2.24. The zero-order valence-electron chi connectivity index (χ0n) is 19.5. The number of esters is 1. The fraction of sp³-hybridized carbons (Fsp3) is 0.417. The lowest BCUT2D eigenvalue weighted by molar-refractivity contribution is -0.147. The van der Waals surface area contributed by atoms with Gasteiger partial charge in [-0.3, -0.25) is 9.59 Å². The summed E-state index contributed by atoms with van der Waals surface area (Å²) < 4.78 is 37.8. The lowest BCUT2D eigenvalue weighted by Gasteiger charge is -2.20. The number of hydrogen-bond acceptors (Lipinski definition) is 6. The van der Waals surface area contributed by atoms with Crippen LogP contribution < -0.4 is 10.1 Å². The predicted octanol–water partition coefficient (Wildman–Crippen LogP) is 2.88. The maximum absolute atomic E-state index is 13.0. The van der Waals surface area contributed by atoms with E-state index >= 15 is 0 Å². The molecule has 0 radical (unpaired) electrons. The third-order valence-corrected chi connectivity index (χ3v) is 7.27. The summed E-state index contributed by atoms with van der Waals surface area (Å²) in [6.07, 6.45) is 0.407. The van der Waals surface area contributed by atoms with E-state index in [1.807, 2.05) is 30.3 Å². The fourth-order valence-corrected chi connectivity index (χ4v) is 5.08. The van der Waals surface area contributed by atoms with E-state index in [2.05, 4.69) is 5.32 Å². The van der Waals surface area contributed by atoms with Gasteiger partial charge in [-0.05, 0) is 37.1 Å². The van der Waals surface area contributed by atoms with Crippen molar-refractivity contribution >= 4 is 21.9 Å².